The number of aliphatic hydroxyl groups is 2. The lowest BCUT2D eigenvalue weighted by atomic mass is 9.99. The molecule has 0 fully saturated rings. The number of benzene rings is 1. The minimum Gasteiger partial charge on any atom is -0.496 e. The van der Waals surface area contributed by atoms with Crippen LogP contribution in [0.3, 0.4) is 0 Å². The third kappa shape index (κ3) is 3.46. The number of aliphatic hydroxyl groups excluding tert-OH is 2. The highest BCUT2D eigenvalue weighted by molar-refractivity contribution is 5.81. The van der Waals surface area contributed by atoms with Crippen molar-refractivity contribution in [3.05, 3.63) is 23.3 Å². The maximum Gasteiger partial charge on any atom is 0.220 e. The molecule has 1 amide bonds. The zero-order chi connectivity index (χ0) is 15.3. The molecule has 7 nitrogen and oxygen atoms in total. The molecule has 0 heterocycles. The van der Waals surface area contributed by atoms with Crippen LogP contribution in [0, 0.1) is 0 Å². The van der Waals surface area contributed by atoms with Gasteiger partial charge in [0.05, 0.1) is 32.3 Å². The molecule has 1 rings (SSSR count). The van der Waals surface area contributed by atoms with Gasteiger partial charge in [-0.1, -0.05) is 0 Å². The van der Waals surface area contributed by atoms with E-state index in [9.17, 15) is 19.8 Å². The Labute approximate surface area is 115 Å². The Morgan fingerprint density at radius 2 is 1.90 bits per heavy atom. The summed E-state index contributed by atoms with van der Waals surface area (Å²) in [5.74, 6) is -0.322. The van der Waals surface area contributed by atoms with E-state index in [-0.39, 0.29) is 22.6 Å². The van der Waals surface area contributed by atoms with E-state index in [1.807, 2.05) is 0 Å². The molecule has 0 saturated carbocycles. The normalized spacial score (nSPS) is 13.4. The molecule has 110 valence electrons. The van der Waals surface area contributed by atoms with Crippen molar-refractivity contribution in [2.45, 2.75) is 18.6 Å². The van der Waals surface area contributed by atoms with Crippen molar-refractivity contribution in [2.75, 3.05) is 14.2 Å². The van der Waals surface area contributed by atoms with Gasteiger partial charge < -0.3 is 25.4 Å². The van der Waals surface area contributed by atoms with Gasteiger partial charge in [-0.25, -0.2) is 0 Å². The molecule has 7 heteroatoms. The summed E-state index contributed by atoms with van der Waals surface area (Å²) >= 11 is 0. The van der Waals surface area contributed by atoms with Gasteiger partial charge in [0.15, 0.2) is 6.29 Å². The van der Waals surface area contributed by atoms with Crippen LogP contribution in [0.15, 0.2) is 12.1 Å². The van der Waals surface area contributed by atoms with Gasteiger partial charge in [0.25, 0.3) is 0 Å². The van der Waals surface area contributed by atoms with E-state index < -0.39 is 24.5 Å². The summed E-state index contributed by atoms with van der Waals surface area (Å²) in [6, 6.07) is 2.75. The molecule has 0 spiro atoms. The van der Waals surface area contributed by atoms with Crippen molar-refractivity contribution in [3.63, 3.8) is 0 Å². The minimum atomic E-state index is -1.40. The second-order valence-corrected chi connectivity index (χ2v) is 4.14. The van der Waals surface area contributed by atoms with E-state index in [1.54, 1.807) is 0 Å². The van der Waals surface area contributed by atoms with Crippen LogP contribution < -0.4 is 15.2 Å². The van der Waals surface area contributed by atoms with Crippen molar-refractivity contribution in [1.82, 2.24) is 0 Å². The summed E-state index contributed by atoms with van der Waals surface area (Å²) in [6.07, 6.45) is -2.60. The molecule has 0 bridgehead atoms. The van der Waals surface area contributed by atoms with Crippen LogP contribution in [0.5, 0.6) is 11.5 Å². The lowest BCUT2D eigenvalue weighted by Gasteiger charge is -2.20. The van der Waals surface area contributed by atoms with E-state index in [0.717, 1.165) is 0 Å². The van der Waals surface area contributed by atoms with Gasteiger partial charge in [0.1, 0.15) is 17.6 Å². The maximum absolute atomic E-state index is 10.9. The highest BCUT2D eigenvalue weighted by Crippen LogP contribution is 2.34. The predicted octanol–water partition coefficient (Wildman–Crippen LogP) is -0.214. The van der Waals surface area contributed by atoms with Crippen molar-refractivity contribution < 1.29 is 29.3 Å². The fraction of sp³-hybridized carbons (Fsp3) is 0.385. The molecule has 4 N–H and O–H groups in total. The second kappa shape index (κ2) is 6.88. The smallest absolute Gasteiger partial charge is 0.220 e. The number of rotatable bonds is 7. The average molecular weight is 283 g/mol. The Bertz CT molecular complexity index is 502. The SMILES string of the molecule is COc1cc(C(O)C(O)CC(N)=O)c(OC)cc1C=O. The second-order valence-electron chi connectivity index (χ2n) is 4.14. The number of methoxy groups -OCH3 is 2. The lowest BCUT2D eigenvalue weighted by molar-refractivity contribution is -0.121. The van der Waals surface area contributed by atoms with Gasteiger partial charge in [0, 0.05) is 5.56 Å². The number of hydrogen-bond acceptors (Lipinski definition) is 6. The first-order valence-corrected chi connectivity index (χ1v) is 5.80. The number of carbonyl (C=O) groups is 2. The van der Waals surface area contributed by atoms with Gasteiger partial charge in [-0.2, -0.15) is 0 Å². The lowest BCUT2D eigenvalue weighted by Crippen LogP contribution is -2.26. The standard InChI is InChI=1S/C13H17NO6/c1-19-10-4-8(11(20-2)3-7(10)6-15)13(18)9(16)5-12(14)17/h3-4,6,9,13,16,18H,5H2,1-2H3,(H2,14,17). The summed E-state index contributed by atoms with van der Waals surface area (Å²) in [6.45, 7) is 0. The van der Waals surface area contributed by atoms with Gasteiger partial charge in [-0.3, -0.25) is 9.59 Å². The van der Waals surface area contributed by atoms with Crippen molar-refractivity contribution in [2.24, 2.45) is 5.73 Å². The Kier molecular flexibility index (Phi) is 5.48. The van der Waals surface area contributed by atoms with Gasteiger partial charge >= 0.3 is 0 Å². The van der Waals surface area contributed by atoms with Crippen LogP contribution in [0.2, 0.25) is 0 Å². The van der Waals surface area contributed by atoms with Crippen molar-refractivity contribution >= 4 is 12.2 Å². The van der Waals surface area contributed by atoms with E-state index in [2.05, 4.69) is 0 Å². The van der Waals surface area contributed by atoms with E-state index in [1.165, 1.54) is 26.4 Å². The number of ether oxygens (including phenoxy) is 2. The maximum atomic E-state index is 10.9. The van der Waals surface area contributed by atoms with Gasteiger partial charge in [-0.05, 0) is 12.1 Å². The zero-order valence-corrected chi connectivity index (χ0v) is 11.2. The first-order chi connectivity index (χ1) is 9.44. The van der Waals surface area contributed by atoms with Crippen LogP contribution in [0.25, 0.3) is 0 Å². The molecule has 0 saturated heterocycles. The fourth-order valence-corrected chi connectivity index (χ4v) is 1.79. The van der Waals surface area contributed by atoms with Crippen LogP contribution in [-0.2, 0) is 4.79 Å². The Morgan fingerprint density at radius 3 is 2.35 bits per heavy atom. The summed E-state index contributed by atoms with van der Waals surface area (Å²) in [7, 11) is 2.72. The van der Waals surface area contributed by atoms with Crippen molar-refractivity contribution in [3.8, 4) is 11.5 Å². The van der Waals surface area contributed by atoms with Crippen LogP contribution in [0.1, 0.15) is 28.4 Å². The highest BCUT2D eigenvalue weighted by Gasteiger charge is 2.25. The minimum absolute atomic E-state index is 0.198. The summed E-state index contributed by atoms with van der Waals surface area (Å²) < 4.78 is 10.1. The van der Waals surface area contributed by atoms with Gasteiger partial charge in [-0.15, -0.1) is 0 Å². The quantitative estimate of drug-likeness (QED) is 0.595. The predicted molar refractivity (Wildman–Crippen MR) is 69.7 cm³/mol. The molecule has 1 aromatic carbocycles. The number of primary amides is 1. The van der Waals surface area contributed by atoms with E-state index in [0.29, 0.717) is 6.29 Å². The van der Waals surface area contributed by atoms with Crippen LogP contribution in [0.4, 0.5) is 0 Å². The number of hydrogen-bond donors (Lipinski definition) is 3. The van der Waals surface area contributed by atoms with Crippen LogP contribution in [-0.4, -0.2) is 42.7 Å². The number of aldehydes is 1. The number of amides is 1. The molecule has 2 atom stereocenters. The Morgan fingerprint density at radius 1 is 1.30 bits per heavy atom. The first kappa shape index (κ1) is 15.9. The Balaban J connectivity index is 3.21. The molecule has 0 aliphatic rings. The highest BCUT2D eigenvalue weighted by atomic mass is 16.5. The molecule has 0 aliphatic heterocycles. The molecular weight excluding hydrogens is 266 g/mol. The summed E-state index contributed by atoms with van der Waals surface area (Å²) in [4.78, 5) is 21.7. The fourth-order valence-electron chi connectivity index (χ4n) is 1.79. The van der Waals surface area contributed by atoms with Crippen LogP contribution >= 0.6 is 0 Å². The average Bonchev–Trinajstić information content (AvgIpc) is 2.44. The molecule has 0 radical (unpaired) electrons. The topological polar surface area (TPSA) is 119 Å². The summed E-state index contributed by atoms with van der Waals surface area (Å²) in [5.41, 5.74) is 5.41. The molecule has 2 unspecified atom stereocenters. The molecule has 20 heavy (non-hydrogen) atoms. The van der Waals surface area contributed by atoms with E-state index in [4.69, 9.17) is 15.2 Å². The molecule has 0 aliphatic carbocycles. The number of carbonyl (C=O) groups excluding carboxylic acids is 2. The largest absolute Gasteiger partial charge is 0.496 e. The molecular formula is C13H17NO6. The van der Waals surface area contributed by atoms with E-state index >= 15 is 0 Å². The van der Waals surface area contributed by atoms with Crippen molar-refractivity contribution in [1.29, 1.82) is 0 Å². The zero-order valence-electron chi connectivity index (χ0n) is 11.2. The third-order valence-electron chi connectivity index (χ3n) is 2.80. The number of nitrogens with two attached hydrogens (primary N) is 1. The monoisotopic (exact) mass is 283 g/mol. The summed E-state index contributed by atoms with van der Waals surface area (Å²) in [5, 5.41) is 19.8. The van der Waals surface area contributed by atoms with Gasteiger partial charge in [0.2, 0.25) is 5.91 Å². The first-order valence-electron chi connectivity index (χ1n) is 5.80. The molecule has 1 aromatic rings. The third-order valence-corrected chi connectivity index (χ3v) is 2.80. The molecule has 0 aromatic heterocycles. The Hall–Kier alpha value is -2.12.